The highest BCUT2D eigenvalue weighted by atomic mass is 16.7. The van der Waals surface area contributed by atoms with E-state index in [4.69, 9.17) is 18.9 Å². The van der Waals surface area contributed by atoms with E-state index in [1.807, 2.05) is 56.3 Å². The summed E-state index contributed by atoms with van der Waals surface area (Å²) in [5.74, 6) is 0.312. The van der Waals surface area contributed by atoms with Gasteiger partial charge in [-0.05, 0) is 73.9 Å². The molecule has 0 unspecified atom stereocenters. The number of ether oxygens (including phenoxy) is 4. The van der Waals surface area contributed by atoms with E-state index in [0.29, 0.717) is 16.9 Å². The van der Waals surface area contributed by atoms with Crippen molar-refractivity contribution in [3.05, 3.63) is 106 Å². The summed E-state index contributed by atoms with van der Waals surface area (Å²) < 4.78 is 23.8. The lowest BCUT2D eigenvalue weighted by molar-refractivity contribution is -0.0443. The van der Waals surface area contributed by atoms with Crippen LogP contribution in [0.3, 0.4) is 0 Å². The van der Waals surface area contributed by atoms with Crippen LogP contribution in [0.4, 0.5) is 0 Å². The van der Waals surface area contributed by atoms with E-state index in [0.717, 1.165) is 47.5 Å². The van der Waals surface area contributed by atoms with E-state index in [-0.39, 0.29) is 18.8 Å². The van der Waals surface area contributed by atoms with Crippen LogP contribution >= 0.6 is 0 Å². The molecule has 198 valence electrons. The topological polar surface area (TPSA) is 74.3 Å². The average molecular weight is 524 g/mol. The number of nitrogens with zero attached hydrogens (tertiary/aromatic N) is 1. The molecule has 0 aromatic heterocycles. The van der Waals surface area contributed by atoms with Gasteiger partial charge in [0.15, 0.2) is 23.7 Å². The Kier molecular flexibility index (Phi) is 5.70. The summed E-state index contributed by atoms with van der Waals surface area (Å²) in [5.41, 5.74) is 6.42. The van der Waals surface area contributed by atoms with Gasteiger partial charge in [0.25, 0.3) is 0 Å². The maximum Gasteiger partial charge on any atom is 0.338 e. The lowest BCUT2D eigenvalue weighted by Gasteiger charge is -2.46. The van der Waals surface area contributed by atoms with Gasteiger partial charge >= 0.3 is 11.9 Å². The molecule has 0 saturated carbocycles. The number of fused-ring (bicyclic) bond motifs is 3. The Morgan fingerprint density at radius 2 is 1.46 bits per heavy atom. The zero-order valence-electron chi connectivity index (χ0n) is 21.9. The Labute approximate surface area is 226 Å². The molecular formula is C32H29NO6. The molecule has 7 rings (SSSR count). The molecule has 4 aliphatic rings. The Balaban J connectivity index is 1.30. The number of hydrogen-bond acceptors (Lipinski definition) is 7. The first-order valence-corrected chi connectivity index (χ1v) is 13.4. The van der Waals surface area contributed by atoms with Crippen LogP contribution in [0, 0.1) is 13.8 Å². The molecule has 1 aliphatic carbocycles. The monoisotopic (exact) mass is 523 g/mol. The minimum atomic E-state index is -0.735. The maximum absolute atomic E-state index is 13.5. The number of aryl methyl sites for hydroxylation is 2. The molecule has 0 bridgehead atoms. The molecule has 39 heavy (non-hydrogen) atoms. The molecule has 7 heteroatoms. The predicted octanol–water partition coefficient (Wildman–Crippen LogP) is 5.09. The van der Waals surface area contributed by atoms with Gasteiger partial charge in [-0.2, -0.15) is 0 Å². The van der Waals surface area contributed by atoms with Crippen LogP contribution in [-0.2, 0) is 16.0 Å². The second kappa shape index (κ2) is 9.27. The predicted molar refractivity (Wildman–Crippen MR) is 143 cm³/mol. The van der Waals surface area contributed by atoms with Crippen molar-refractivity contribution in [3.63, 3.8) is 0 Å². The van der Waals surface area contributed by atoms with Crippen LogP contribution in [0.15, 0.2) is 72.3 Å². The minimum absolute atomic E-state index is 0.0583. The van der Waals surface area contributed by atoms with Crippen molar-refractivity contribution in [2.45, 2.75) is 51.0 Å². The van der Waals surface area contributed by atoms with Crippen molar-refractivity contribution in [1.29, 1.82) is 0 Å². The fourth-order valence-corrected chi connectivity index (χ4v) is 6.32. The summed E-state index contributed by atoms with van der Waals surface area (Å²) in [6, 6.07) is 18.7. The van der Waals surface area contributed by atoms with E-state index in [1.54, 1.807) is 24.3 Å². The van der Waals surface area contributed by atoms with E-state index >= 15 is 0 Å². The molecule has 0 amide bonds. The zero-order chi connectivity index (χ0) is 26.7. The van der Waals surface area contributed by atoms with Crippen LogP contribution in [0.1, 0.15) is 55.3 Å². The molecule has 3 aromatic rings. The molecule has 4 atom stereocenters. The van der Waals surface area contributed by atoms with Crippen LogP contribution in [0.5, 0.6) is 11.5 Å². The summed E-state index contributed by atoms with van der Waals surface area (Å²) in [7, 11) is 0. The summed E-state index contributed by atoms with van der Waals surface area (Å²) in [4.78, 5) is 29.2. The fourth-order valence-electron chi connectivity index (χ4n) is 6.32. The lowest BCUT2D eigenvalue weighted by Crippen LogP contribution is -2.52. The maximum atomic E-state index is 13.5. The van der Waals surface area contributed by atoms with E-state index in [2.05, 4.69) is 4.90 Å². The van der Waals surface area contributed by atoms with Gasteiger partial charge in [-0.25, -0.2) is 9.59 Å². The fraction of sp³-hybridized carbons (Fsp3) is 0.312. The summed E-state index contributed by atoms with van der Waals surface area (Å²) >= 11 is 0. The quantitative estimate of drug-likeness (QED) is 0.348. The van der Waals surface area contributed by atoms with Crippen molar-refractivity contribution < 1.29 is 28.5 Å². The van der Waals surface area contributed by atoms with Gasteiger partial charge in [-0.3, -0.25) is 4.90 Å². The third-order valence-corrected chi connectivity index (χ3v) is 8.28. The molecule has 3 aliphatic heterocycles. The van der Waals surface area contributed by atoms with Gasteiger partial charge in [0, 0.05) is 25.0 Å². The summed E-state index contributed by atoms with van der Waals surface area (Å²) in [6.45, 7) is 5.79. The van der Waals surface area contributed by atoms with Gasteiger partial charge in [0.1, 0.15) is 0 Å². The van der Waals surface area contributed by atoms with Gasteiger partial charge in [-0.1, -0.05) is 41.0 Å². The lowest BCUT2D eigenvalue weighted by atomic mass is 9.73. The normalized spacial score (nSPS) is 24.4. The van der Waals surface area contributed by atoms with E-state index < -0.39 is 24.1 Å². The van der Waals surface area contributed by atoms with Gasteiger partial charge in [-0.15, -0.1) is 0 Å². The minimum Gasteiger partial charge on any atom is -0.454 e. The Bertz CT molecular complexity index is 1490. The van der Waals surface area contributed by atoms with Gasteiger partial charge in [0.2, 0.25) is 6.79 Å². The number of carbonyl (C=O) groups is 2. The second-order valence-corrected chi connectivity index (χ2v) is 10.8. The first-order valence-electron chi connectivity index (χ1n) is 13.4. The standard InChI is InChI=1S/C32H29NO6/c1-18-3-7-20(8-4-18)31(34)38-27-13-22-11-12-33-16-23-14-25-26(37-17-36-25)15-24(23)28(29(22)33)30(27)39-32(35)21-9-5-19(2)6-10-21/h3-10,13-15,27-30H,11-12,16-17H2,1-2H3/t27-,28-,29+,30+/m0/s1. The Morgan fingerprint density at radius 1 is 0.846 bits per heavy atom. The first-order chi connectivity index (χ1) is 18.9. The first kappa shape index (κ1) is 24.0. The van der Waals surface area contributed by atoms with Crippen LogP contribution in [0.25, 0.3) is 0 Å². The molecule has 7 nitrogen and oxygen atoms in total. The molecule has 3 heterocycles. The van der Waals surface area contributed by atoms with Crippen molar-refractivity contribution in [3.8, 4) is 11.5 Å². The highest BCUT2D eigenvalue weighted by Crippen LogP contribution is 2.51. The molecule has 0 N–H and O–H groups in total. The van der Waals surface area contributed by atoms with Gasteiger partial charge in [0.05, 0.1) is 11.1 Å². The van der Waals surface area contributed by atoms with Crippen molar-refractivity contribution >= 4 is 11.9 Å². The third-order valence-electron chi connectivity index (χ3n) is 8.28. The molecular weight excluding hydrogens is 494 g/mol. The average Bonchev–Trinajstić information content (AvgIpc) is 3.56. The van der Waals surface area contributed by atoms with Crippen LogP contribution < -0.4 is 9.47 Å². The van der Waals surface area contributed by atoms with Crippen molar-refractivity contribution in [1.82, 2.24) is 4.90 Å². The second-order valence-electron chi connectivity index (χ2n) is 10.8. The number of hydrogen-bond donors (Lipinski definition) is 0. The number of benzene rings is 3. The van der Waals surface area contributed by atoms with E-state index in [1.165, 1.54) is 5.57 Å². The van der Waals surface area contributed by atoms with Crippen molar-refractivity contribution in [2.75, 3.05) is 13.3 Å². The van der Waals surface area contributed by atoms with E-state index in [9.17, 15) is 9.59 Å². The Hall–Kier alpha value is -4.10. The number of rotatable bonds is 4. The summed E-state index contributed by atoms with van der Waals surface area (Å²) in [6.07, 6.45) is 1.43. The van der Waals surface area contributed by atoms with Crippen LogP contribution in [-0.4, -0.2) is 48.4 Å². The smallest absolute Gasteiger partial charge is 0.338 e. The molecule has 0 radical (unpaired) electrons. The van der Waals surface area contributed by atoms with Gasteiger partial charge < -0.3 is 18.9 Å². The molecule has 3 aromatic carbocycles. The highest BCUT2D eigenvalue weighted by molar-refractivity contribution is 5.90. The number of carbonyl (C=O) groups excluding carboxylic acids is 2. The van der Waals surface area contributed by atoms with Crippen molar-refractivity contribution in [2.24, 2.45) is 0 Å². The SMILES string of the molecule is Cc1ccc(C(=O)O[C@H]2[C@H]3c4cc5c(cc4CN4CCC(=C[C@@H]2OC(=O)c2ccc(C)cc2)[C@H]34)OCO5)cc1. The third kappa shape index (κ3) is 4.17. The largest absolute Gasteiger partial charge is 0.454 e. The number of esters is 2. The van der Waals surface area contributed by atoms with Crippen LogP contribution in [0.2, 0.25) is 0 Å². The molecule has 1 saturated heterocycles. The summed E-state index contributed by atoms with van der Waals surface area (Å²) in [5, 5.41) is 0. The molecule has 0 spiro atoms. The highest BCUT2D eigenvalue weighted by Gasteiger charge is 2.52. The Morgan fingerprint density at radius 3 is 2.13 bits per heavy atom. The molecule has 1 fully saturated rings. The zero-order valence-corrected chi connectivity index (χ0v) is 21.9.